The molecule has 3 rings (SSSR count). The van der Waals surface area contributed by atoms with Crippen LogP contribution in [-0.2, 0) is 9.53 Å². The zero-order valence-electron chi connectivity index (χ0n) is 17.6. The summed E-state index contributed by atoms with van der Waals surface area (Å²) in [6, 6.07) is 0.972. The fraction of sp³-hybridized carbons (Fsp3) is 0.600. The van der Waals surface area contributed by atoms with Gasteiger partial charge in [-0.3, -0.25) is 19.2 Å². The molecule has 0 bridgehead atoms. The maximum Gasteiger partial charge on any atom is 0.522 e. The van der Waals surface area contributed by atoms with Gasteiger partial charge >= 0.3 is 12.4 Å². The third-order valence-electron chi connectivity index (χ3n) is 5.71. The number of primary amides is 1. The Morgan fingerprint density at radius 2 is 2.09 bits per heavy atom. The lowest BCUT2D eigenvalue weighted by Gasteiger charge is -2.46. The van der Waals surface area contributed by atoms with Crippen molar-refractivity contribution in [2.24, 2.45) is 11.1 Å². The van der Waals surface area contributed by atoms with Crippen LogP contribution in [-0.4, -0.2) is 58.9 Å². The molecule has 1 aliphatic heterocycles. The monoisotopic (exact) mass is 458 g/mol. The summed E-state index contributed by atoms with van der Waals surface area (Å²) >= 11 is 0. The predicted molar refractivity (Wildman–Crippen MR) is 104 cm³/mol. The number of ether oxygens (including phenoxy) is 2. The first kappa shape index (κ1) is 23.8. The number of halogens is 3. The van der Waals surface area contributed by atoms with Crippen LogP contribution in [0.1, 0.15) is 49.9 Å². The highest BCUT2D eigenvalue weighted by molar-refractivity contribution is 6.04. The molecule has 32 heavy (non-hydrogen) atoms. The van der Waals surface area contributed by atoms with Crippen LogP contribution in [0.5, 0.6) is 5.88 Å². The Labute approximate surface area is 182 Å². The van der Waals surface area contributed by atoms with Crippen LogP contribution in [0.4, 0.5) is 18.0 Å². The number of rotatable bonds is 9. The number of urea groups is 1. The van der Waals surface area contributed by atoms with Crippen LogP contribution >= 0.6 is 0 Å². The van der Waals surface area contributed by atoms with Gasteiger partial charge in [0.05, 0.1) is 6.61 Å². The number of pyridine rings is 1. The van der Waals surface area contributed by atoms with Crippen molar-refractivity contribution >= 4 is 17.8 Å². The van der Waals surface area contributed by atoms with E-state index < -0.39 is 42.9 Å². The third-order valence-corrected chi connectivity index (χ3v) is 5.71. The van der Waals surface area contributed by atoms with Gasteiger partial charge in [0.2, 0.25) is 5.88 Å². The zero-order chi connectivity index (χ0) is 23.7. The summed E-state index contributed by atoms with van der Waals surface area (Å²) in [5.41, 5.74) is 5.29. The van der Waals surface area contributed by atoms with Gasteiger partial charge in [0, 0.05) is 18.7 Å². The zero-order valence-corrected chi connectivity index (χ0v) is 17.6. The van der Waals surface area contributed by atoms with Gasteiger partial charge in [-0.05, 0) is 43.7 Å². The molecule has 1 aliphatic carbocycles. The first-order valence-electron chi connectivity index (χ1n) is 10.1. The minimum atomic E-state index is -4.79. The Morgan fingerprint density at radius 1 is 1.41 bits per heavy atom. The Hall–Kier alpha value is -2.89. The average molecular weight is 458 g/mol. The minimum Gasteiger partial charge on any atom is -0.474 e. The molecule has 2 atom stereocenters. The summed E-state index contributed by atoms with van der Waals surface area (Å²) < 4.78 is 45.9. The van der Waals surface area contributed by atoms with Gasteiger partial charge in [0.15, 0.2) is 0 Å². The topological polar surface area (TPSA) is 124 Å². The van der Waals surface area contributed by atoms with E-state index in [-0.39, 0.29) is 29.4 Å². The van der Waals surface area contributed by atoms with Crippen LogP contribution in [0.25, 0.3) is 0 Å². The SMILES string of the molecule is C[C@@H](CC1(C)CC(Oc2ncccc2C(N)=O)C1)N1C(=O)NC(CCOC(F)(F)F)C1=O. The third kappa shape index (κ3) is 5.47. The normalized spacial score (nSPS) is 26.5. The van der Waals surface area contributed by atoms with E-state index in [1.54, 1.807) is 13.0 Å². The quantitative estimate of drug-likeness (QED) is 0.548. The van der Waals surface area contributed by atoms with Crippen molar-refractivity contribution in [3.63, 3.8) is 0 Å². The number of aromatic nitrogens is 1. The van der Waals surface area contributed by atoms with Gasteiger partial charge in [-0.25, -0.2) is 9.78 Å². The maximum atomic E-state index is 12.5. The Morgan fingerprint density at radius 3 is 2.72 bits per heavy atom. The van der Waals surface area contributed by atoms with Gasteiger partial charge in [-0.1, -0.05) is 6.92 Å². The molecule has 12 heteroatoms. The molecule has 1 saturated carbocycles. The molecule has 4 amide bonds. The largest absolute Gasteiger partial charge is 0.522 e. The predicted octanol–water partition coefficient (Wildman–Crippen LogP) is 2.35. The second-order valence-corrected chi connectivity index (χ2v) is 8.53. The van der Waals surface area contributed by atoms with E-state index in [0.717, 1.165) is 4.90 Å². The number of alkyl halides is 3. The van der Waals surface area contributed by atoms with Crippen LogP contribution < -0.4 is 15.8 Å². The second kappa shape index (κ2) is 8.93. The molecule has 0 radical (unpaired) electrons. The summed E-state index contributed by atoms with van der Waals surface area (Å²) in [7, 11) is 0. The van der Waals surface area contributed by atoms with Crippen molar-refractivity contribution in [3.8, 4) is 5.88 Å². The van der Waals surface area contributed by atoms with E-state index >= 15 is 0 Å². The molecule has 1 saturated heterocycles. The van der Waals surface area contributed by atoms with E-state index in [0.29, 0.717) is 19.3 Å². The summed E-state index contributed by atoms with van der Waals surface area (Å²) in [5.74, 6) is -1.04. The minimum absolute atomic E-state index is 0.165. The highest BCUT2D eigenvalue weighted by atomic mass is 19.4. The highest BCUT2D eigenvalue weighted by Gasteiger charge is 2.47. The summed E-state index contributed by atoms with van der Waals surface area (Å²) in [4.78, 5) is 41.4. The number of nitrogens with one attached hydrogen (secondary N) is 1. The van der Waals surface area contributed by atoms with Gasteiger partial charge in [-0.15, -0.1) is 13.2 Å². The van der Waals surface area contributed by atoms with E-state index in [9.17, 15) is 27.6 Å². The number of carbonyl (C=O) groups excluding carboxylic acids is 3. The second-order valence-electron chi connectivity index (χ2n) is 8.53. The fourth-order valence-electron chi connectivity index (χ4n) is 4.38. The molecular weight excluding hydrogens is 433 g/mol. The Bertz CT molecular complexity index is 888. The fourth-order valence-corrected chi connectivity index (χ4v) is 4.38. The van der Waals surface area contributed by atoms with Gasteiger partial charge in [0.1, 0.15) is 17.7 Å². The number of nitrogens with zero attached hydrogens (tertiary/aromatic N) is 2. The summed E-state index contributed by atoms with van der Waals surface area (Å²) in [5, 5.41) is 2.41. The first-order valence-corrected chi connectivity index (χ1v) is 10.1. The Balaban J connectivity index is 1.52. The molecule has 1 aromatic heterocycles. The number of hydrogen-bond donors (Lipinski definition) is 2. The summed E-state index contributed by atoms with van der Waals surface area (Å²) in [6.45, 7) is 2.99. The highest BCUT2D eigenvalue weighted by Crippen LogP contribution is 2.47. The standard InChI is InChI=1S/C20H25F3N4O5/c1-11(27-17(29)14(26-18(27)30)5-7-31-20(21,22)23)8-19(2)9-12(10-19)32-16-13(15(24)28)4-3-6-25-16/h3-4,6,11-12,14H,5,7-10H2,1-2H3,(H2,24,28)(H,26,30)/t11-,12?,14?,19?/m0/s1. The van der Waals surface area contributed by atoms with Gasteiger partial charge in [0.25, 0.3) is 11.8 Å². The van der Waals surface area contributed by atoms with E-state index in [2.05, 4.69) is 15.0 Å². The van der Waals surface area contributed by atoms with Crippen molar-refractivity contribution in [3.05, 3.63) is 23.9 Å². The molecule has 2 aliphatic rings. The molecule has 2 heterocycles. The molecule has 0 spiro atoms. The van der Waals surface area contributed by atoms with E-state index in [4.69, 9.17) is 10.5 Å². The van der Waals surface area contributed by atoms with Crippen molar-refractivity contribution < 1.29 is 37.0 Å². The van der Waals surface area contributed by atoms with E-state index in [1.807, 2.05) is 6.92 Å². The lowest BCUT2D eigenvalue weighted by Crippen LogP contribution is -2.48. The first-order chi connectivity index (χ1) is 14.9. The molecule has 2 fully saturated rings. The van der Waals surface area contributed by atoms with Crippen molar-refractivity contribution in [2.45, 2.75) is 64.1 Å². The van der Waals surface area contributed by atoms with Crippen LogP contribution in [0, 0.1) is 5.41 Å². The van der Waals surface area contributed by atoms with Gasteiger partial charge < -0.3 is 15.8 Å². The number of hydrogen-bond acceptors (Lipinski definition) is 6. The van der Waals surface area contributed by atoms with Crippen LogP contribution in [0.3, 0.4) is 0 Å². The molecule has 1 unspecified atom stereocenters. The Kier molecular flexibility index (Phi) is 6.63. The molecule has 176 valence electrons. The lowest BCUT2D eigenvalue weighted by molar-refractivity contribution is -0.324. The lowest BCUT2D eigenvalue weighted by atomic mass is 9.65. The molecular formula is C20H25F3N4O5. The molecule has 3 N–H and O–H groups in total. The number of amides is 4. The molecule has 1 aromatic rings. The number of nitrogens with two attached hydrogens (primary N) is 1. The van der Waals surface area contributed by atoms with Crippen molar-refractivity contribution in [1.82, 2.24) is 15.2 Å². The van der Waals surface area contributed by atoms with E-state index in [1.165, 1.54) is 12.3 Å². The van der Waals surface area contributed by atoms with Crippen LogP contribution in [0.2, 0.25) is 0 Å². The maximum absolute atomic E-state index is 12.5. The number of carbonyl (C=O) groups is 3. The van der Waals surface area contributed by atoms with Crippen molar-refractivity contribution in [1.29, 1.82) is 0 Å². The van der Waals surface area contributed by atoms with Crippen molar-refractivity contribution in [2.75, 3.05) is 6.61 Å². The molecule has 0 aromatic carbocycles. The van der Waals surface area contributed by atoms with Crippen LogP contribution in [0.15, 0.2) is 18.3 Å². The summed E-state index contributed by atoms with van der Waals surface area (Å²) in [6.07, 6.45) is -2.05. The number of imide groups is 1. The smallest absolute Gasteiger partial charge is 0.474 e. The average Bonchev–Trinajstić information content (AvgIpc) is 2.93. The van der Waals surface area contributed by atoms with Gasteiger partial charge in [-0.2, -0.15) is 0 Å². The molecule has 9 nitrogen and oxygen atoms in total.